The predicted molar refractivity (Wildman–Crippen MR) is 269 cm³/mol. The van der Waals surface area contributed by atoms with Gasteiger partial charge >= 0.3 is 0 Å². The van der Waals surface area contributed by atoms with E-state index in [4.69, 9.17) is 9.47 Å². The number of aliphatic hydroxyl groups is 7. The molecule has 5 fully saturated rings. The molecule has 9 aliphatic carbocycles. The van der Waals surface area contributed by atoms with E-state index in [0.717, 1.165) is 60.9 Å². The van der Waals surface area contributed by atoms with Crippen molar-refractivity contribution >= 4 is 39.4 Å². The minimum Gasteiger partial charge on any atom is -0.511 e. The third-order valence-corrected chi connectivity index (χ3v) is 23.9. The smallest absolute Gasteiger partial charge is 0.229 e. The molecular formula is C57H62N2O12S2. The summed E-state index contributed by atoms with van der Waals surface area (Å²) in [6.45, 7) is -0.530. The van der Waals surface area contributed by atoms with Crippen LogP contribution in [0.2, 0.25) is 0 Å². The lowest BCUT2D eigenvalue weighted by atomic mass is 9.42. The van der Waals surface area contributed by atoms with Crippen molar-refractivity contribution in [3.05, 3.63) is 122 Å². The molecule has 2 aromatic rings. The molecule has 6 heterocycles. The van der Waals surface area contributed by atoms with E-state index in [0.29, 0.717) is 36.9 Å². The molecule has 6 aliphatic heterocycles. The van der Waals surface area contributed by atoms with Crippen molar-refractivity contribution in [3.8, 4) is 5.75 Å². The van der Waals surface area contributed by atoms with Crippen LogP contribution < -0.4 is 15.4 Å². The zero-order chi connectivity index (χ0) is 50.1. The highest BCUT2D eigenvalue weighted by Gasteiger charge is 2.82. The fourth-order valence-corrected chi connectivity index (χ4v) is 21.6. The Kier molecular flexibility index (Phi) is 10.6. The molecule has 73 heavy (non-hydrogen) atoms. The van der Waals surface area contributed by atoms with Gasteiger partial charge in [0.2, 0.25) is 6.29 Å². The molecule has 17 atom stereocenters. The standard InChI is InChI=1S/C57H62N2O12S2/c60-12-4-10-41-56-37(15-29(16-40(56)64)14-27-5-1-6-28(13-27)24-61)46(65)35-8-2-9-38(44(35)48(56)66)70-51-49(67)57(69)47-32(21-54(26-63,71-51)52(57)68)17-30-18-34-22-53(11-3-7-33(53)25-62)39-19-31-20-42(73-72-41)59-50-43(31)45(55(34,39)47)36(30)23-58-50/h1-2,5-6,8-9,13,15-16,19,25,30,32-34,37,39,41-42,47,49,51-52,58-61,63-64,67-69H,3-4,7,10-12,14,17-18,20-24,26H2/t30-,32-,33-,34+,37+,39-,41-,42-,47+,49-,51+,52+,53-,54+,55-,56-,57+/m0/s1. The van der Waals surface area contributed by atoms with Crippen molar-refractivity contribution < 1.29 is 59.6 Å². The van der Waals surface area contributed by atoms with Crippen molar-refractivity contribution in [1.29, 1.82) is 0 Å². The molecule has 13 bridgehead atoms. The quantitative estimate of drug-likeness (QED) is 0.121. The van der Waals surface area contributed by atoms with Crippen molar-refractivity contribution in [2.45, 2.75) is 118 Å². The number of fused-ring (bicyclic) bond motifs is 1. The Morgan fingerprint density at radius 1 is 0.986 bits per heavy atom. The van der Waals surface area contributed by atoms with Crippen molar-refractivity contribution in [2.24, 2.45) is 57.7 Å². The SMILES string of the molecule is O=C[C@@H]1CCC[C@]12C[C@H]1C[C@@H]3C[C@H]4C[C@]5(CO)O[C@H]6Oc7cccc8c7C(=O)[C@@]7(C(O)=CC(Cc9cccc(CO)c9)=C[C@@H]7C8=O)[C@H](CCCO)SS[C@H]7CC8=C[C@@H]2[C@@]1(C1=C3CNC(=C81)N7)[C@@H]4[C@](O)([C@@H]5O)[C@H]6O. The summed E-state index contributed by atoms with van der Waals surface area (Å²) in [7, 11) is 2.96. The molecule has 4 saturated carbocycles. The molecule has 1 saturated heterocycles. The number of ether oxygens (including phenoxy) is 2. The molecule has 0 amide bonds. The Bertz CT molecular complexity index is 2950. The van der Waals surface area contributed by atoms with Gasteiger partial charge in [0.05, 0.1) is 30.1 Å². The maximum absolute atomic E-state index is 16.2. The molecule has 2 aromatic carbocycles. The van der Waals surface area contributed by atoms with Crippen LogP contribution in [-0.4, -0.2) is 114 Å². The van der Waals surface area contributed by atoms with E-state index in [1.54, 1.807) is 24.3 Å². The van der Waals surface area contributed by atoms with Gasteiger partial charge in [0.1, 0.15) is 52.4 Å². The number of aldehydes is 1. The van der Waals surface area contributed by atoms with Gasteiger partial charge < -0.3 is 60.6 Å². The Morgan fingerprint density at radius 3 is 2.63 bits per heavy atom. The normalized spacial score (nSPS) is 44.1. The molecule has 15 aliphatic rings. The second-order valence-corrected chi connectivity index (χ2v) is 26.3. The molecule has 384 valence electrons. The van der Waals surface area contributed by atoms with Crippen LogP contribution in [0.1, 0.15) is 96.1 Å². The van der Waals surface area contributed by atoms with E-state index in [2.05, 4.69) is 16.7 Å². The molecule has 14 nitrogen and oxygen atoms in total. The predicted octanol–water partition coefficient (Wildman–Crippen LogP) is 5.28. The number of Topliss-reactive ketones (excluding diaryl/α,β-unsaturated/α-hetero) is 2. The van der Waals surface area contributed by atoms with Crippen LogP contribution in [0.4, 0.5) is 0 Å². The van der Waals surface area contributed by atoms with Crippen LogP contribution in [0.25, 0.3) is 0 Å². The summed E-state index contributed by atoms with van der Waals surface area (Å²) in [5.41, 5.74) is -0.594. The largest absolute Gasteiger partial charge is 0.511 e. The van der Waals surface area contributed by atoms with Gasteiger partial charge in [-0.25, -0.2) is 0 Å². The number of hydrogen-bond donors (Lipinski definition) is 9. The topological polar surface area (TPSA) is 235 Å². The minimum absolute atomic E-state index is 0.000318. The summed E-state index contributed by atoms with van der Waals surface area (Å²) in [5.74, 6) is -3.25. The summed E-state index contributed by atoms with van der Waals surface area (Å²) < 4.78 is 13.5. The second kappa shape index (κ2) is 16.4. The van der Waals surface area contributed by atoms with Gasteiger partial charge in [-0.05, 0) is 132 Å². The number of dihydropyridines is 1. The molecule has 0 unspecified atom stereocenters. The lowest BCUT2D eigenvalue weighted by Gasteiger charge is -2.67. The van der Waals surface area contributed by atoms with Crippen LogP contribution in [-0.2, 0) is 22.6 Å². The van der Waals surface area contributed by atoms with Crippen LogP contribution in [0.15, 0.2) is 100 Å². The molecule has 17 rings (SSSR count). The maximum Gasteiger partial charge on any atom is 0.229 e. The van der Waals surface area contributed by atoms with Gasteiger partial charge in [-0.2, -0.15) is 0 Å². The Balaban J connectivity index is 0.997. The van der Waals surface area contributed by atoms with Crippen molar-refractivity contribution in [2.75, 3.05) is 19.8 Å². The van der Waals surface area contributed by atoms with Crippen molar-refractivity contribution in [3.63, 3.8) is 0 Å². The highest BCUT2D eigenvalue weighted by molar-refractivity contribution is 8.77. The van der Waals surface area contributed by atoms with Crippen LogP contribution in [0.5, 0.6) is 5.75 Å². The first kappa shape index (κ1) is 47.2. The number of ketones is 2. The molecule has 0 radical (unpaired) electrons. The average molecular weight is 1030 g/mol. The third kappa shape index (κ3) is 5.91. The van der Waals surface area contributed by atoms with Crippen LogP contribution in [0.3, 0.4) is 0 Å². The van der Waals surface area contributed by atoms with Crippen LogP contribution >= 0.6 is 21.6 Å². The zero-order valence-corrected chi connectivity index (χ0v) is 42.0. The number of hydrogen-bond acceptors (Lipinski definition) is 16. The first-order valence-corrected chi connectivity index (χ1v) is 28.7. The van der Waals surface area contributed by atoms with E-state index in [1.165, 1.54) is 38.8 Å². The fraction of sp³-hybridized carbons (Fsp3) is 0.561. The number of allylic oxidation sites excluding steroid dienone is 7. The Labute approximate surface area is 430 Å². The minimum atomic E-state index is -2.35. The Morgan fingerprint density at radius 2 is 1.82 bits per heavy atom. The number of aliphatic hydroxyl groups excluding tert-OH is 6. The summed E-state index contributed by atoms with van der Waals surface area (Å²) in [6, 6.07) is 12.1. The van der Waals surface area contributed by atoms with Gasteiger partial charge in [0, 0.05) is 53.2 Å². The van der Waals surface area contributed by atoms with E-state index >= 15 is 9.59 Å². The highest BCUT2D eigenvalue weighted by atomic mass is 33.1. The number of carbonyl (C=O) groups is 3. The first-order valence-electron chi connectivity index (χ1n) is 26.5. The number of benzene rings is 2. The second-order valence-electron chi connectivity index (χ2n) is 23.6. The fourth-order valence-electron chi connectivity index (χ4n) is 18.2. The number of rotatable bonds is 8. The van der Waals surface area contributed by atoms with Gasteiger partial charge in [-0.1, -0.05) is 76.6 Å². The van der Waals surface area contributed by atoms with E-state index in [1.807, 2.05) is 24.3 Å². The average Bonchev–Trinajstić information content (AvgIpc) is 3.84. The van der Waals surface area contributed by atoms with Gasteiger partial charge in [-0.15, -0.1) is 0 Å². The molecule has 0 aromatic heterocycles. The summed E-state index contributed by atoms with van der Waals surface area (Å²) in [4.78, 5) is 45.2. The maximum atomic E-state index is 16.2. The lowest BCUT2D eigenvalue weighted by molar-refractivity contribution is -0.393. The molecule has 9 N–H and O–H groups in total. The van der Waals surface area contributed by atoms with Crippen LogP contribution in [0, 0.1) is 57.7 Å². The molecule has 3 spiro atoms. The highest BCUT2D eigenvalue weighted by Crippen LogP contribution is 2.81. The molecular weight excluding hydrogens is 969 g/mol. The summed E-state index contributed by atoms with van der Waals surface area (Å²) in [5, 5.41) is 91.7. The zero-order valence-electron chi connectivity index (χ0n) is 40.4. The van der Waals surface area contributed by atoms with Crippen molar-refractivity contribution in [1.82, 2.24) is 10.6 Å². The van der Waals surface area contributed by atoms with E-state index < -0.39 is 81.2 Å². The van der Waals surface area contributed by atoms with Gasteiger partial charge in [0.15, 0.2) is 11.6 Å². The van der Waals surface area contributed by atoms with E-state index in [-0.39, 0.29) is 90.1 Å². The number of nitrogens with one attached hydrogen (secondary N) is 2. The monoisotopic (exact) mass is 1030 g/mol. The van der Waals surface area contributed by atoms with E-state index in [9.17, 15) is 40.5 Å². The van der Waals surface area contributed by atoms with Gasteiger partial charge in [-0.3, -0.25) is 9.59 Å². The lowest BCUT2D eigenvalue weighted by Crippen LogP contribution is -2.81. The Hall–Kier alpha value is -4.23. The number of carbonyl (C=O) groups excluding carboxylic acids is 3. The summed E-state index contributed by atoms with van der Waals surface area (Å²) in [6.07, 6.45) is 7.72. The molecule has 16 heteroatoms. The van der Waals surface area contributed by atoms with Gasteiger partial charge in [0.25, 0.3) is 0 Å². The first-order chi connectivity index (χ1) is 35.3. The third-order valence-electron chi connectivity index (χ3n) is 20.7. The summed E-state index contributed by atoms with van der Waals surface area (Å²) >= 11 is 0.